The van der Waals surface area contributed by atoms with Crippen LogP contribution < -0.4 is 0 Å². The molecule has 0 spiro atoms. The van der Waals surface area contributed by atoms with E-state index in [-0.39, 0.29) is 0 Å². The highest BCUT2D eigenvalue weighted by Crippen LogP contribution is 2.45. The number of aromatic nitrogens is 3. The molecule has 0 bridgehead atoms. The Kier molecular flexibility index (Phi) is 4.95. The maximum atomic E-state index is 5.08. The summed E-state index contributed by atoms with van der Waals surface area (Å²) in [5.41, 5.74) is 4.96. The van der Waals surface area contributed by atoms with Gasteiger partial charge in [0.25, 0.3) is 0 Å². The minimum Gasteiger partial charge on any atom is -0.307 e. The third kappa shape index (κ3) is 3.09. The van der Waals surface area contributed by atoms with Gasteiger partial charge in [0.2, 0.25) is 0 Å². The molecule has 158 valence electrons. The van der Waals surface area contributed by atoms with Crippen molar-refractivity contribution in [1.29, 1.82) is 0 Å². The van der Waals surface area contributed by atoms with Gasteiger partial charge in [0.15, 0.2) is 0 Å². The van der Waals surface area contributed by atoms with E-state index in [1.54, 1.807) is 0 Å². The Labute approximate surface area is 205 Å². The molecule has 0 unspecified atom stereocenters. The fourth-order valence-electron chi connectivity index (χ4n) is 4.97. The lowest BCUT2D eigenvalue weighted by atomic mass is 9.76. The maximum absolute atomic E-state index is 5.08. The van der Waals surface area contributed by atoms with E-state index in [1.807, 2.05) is 12.4 Å². The van der Waals surface area contributed by atoms with Gasteiger partial charge in [0.05, 0.1) is 5.52 Å². The predicted molar refractivity (Wildman–Crippen MR) is 142 cm³/mol. The van der Waals surface area contributed by atoms with Crippen molar-refractivity contribution in [2.45, 2.75) is 5.54 Å². The third-order valence-corrected chi connectivity index (χ3v) is 6.89. The van der Waals surface area contributed by atoms with Crippen LogP contribution in [0.3, 0.4) is 0 Å². The van der Waals surface area contributed by atoms with Gasteiger partial charge in [0.1, 0.15) is 14.9 Å². The van der Waals surface area contributed by atoms with Crippen LogP contribution in [0.1, 0.15) is 16.7 Å². The van der Waals surface area contributed by atoms with Gasteiger partial charge in [-0.25, -0.2) is 4.98 Å². The summed E-state index contributed by atoms with van der Waals surface area (Å²) < 4.78 is 3.36. The Morgan fingerprint density at radius 3 is 1.70 bits per heavy atom. The van der Waals surface area contributed by atoms with Crippen molar-refractivity contribution in [3.8, 4) is 0 Å². The largest absolute Gasteiger partial charge is 0.307 e. The Morgan fingerprint density at radius 2 is 1.15 bits per heavy atom. The molecule has 33 heavy (non-hydrogen) atoms. The van der Waals surface area contributed by atoms with Crippen LogP contribution in [0.15, 0.2) is 122 Å². The van der Waals surface area contributed by atoms with Gasteiger partial charge in [-0.3, -0.25) is 4.98 Å². The first kappa shape index (κ1) is 20.1. The SMILES string of the molecule is Ic1ccc2c3cnccc3n(C(c3ccccc3)(c3ccccc3)c3ccccc3)c2n1. The van der Waals surface area contributed by atoms with E-state index >= 15 is 0 Å². The second-order valence-corrected chi connectivity index (χ2v) is 9.15. The number of benzene rings is 3. The molecule has 0 N–H and O–H groups in total. The summed E-state index contributed by atoms with van der Waals surface area (Å²) in [6, 6.07) is 38.5. The molecule has 3 aromatic heterocycles. The topological polar surface area (TPSA) is 30.7 Å². The molecule has 0 fully saturated rings. The summed E-state index contributed by atoms with van der Waals surface area (Å²) in [5, 5.41) is 2.20. The van der Waals surface area contributed by atoms with Crippen molar-refractivity contribution < 1.29 is 0 Å². The molecule has 0 aliphatic carbocycles. The molecular formula is C29H20IN3. The maximum Gasteiger partial charge on any atom is 0.143 e. The van der Waals surface area contributed by atoms with E-state index in [1.165, 1.54) is 16.7 Å². The van der Waals surface area contributed by atoms with Crippen molar-refractivity contribution in [2.75, 3.05) is 0 Å². The quantitative estimate of drug-likeness (QED) is 0.137. The van der Waals surface area contributed by atoms with Crippen LogP contribution >= 0.6 is 22.6 Å². The van der Waals surface area contributed by atoms with E-state index in [4.69, 9.17) is 4.98 Å². The summed E-state index contributed by atoms with van der Waals surface area (Å²) in [7, 11) is 0. The van der Waals surface area contributed by atoms with E-state index in [0.717, 1.165) is 25.6 Å². The summed E-state index contributed by atoms with van der Waals surface area (Å²) in [4.78, 5) is 9.53. The number of hydrogen-bond donors (Lipinski definition) is 0. The Balaban J connectivity index is 1.90. The fourth-order valence-corrected chi connectivity index (χ4v) is 5.38. The highest BCUT2D eigenvalue weighted by molar-refractivity contribution is 14.1. The summed E-state index contributed by atoms with van der Waals surface area (Å²) in [6.07, 6.45) is 3.82. The number of nitrogens with zero attached hydrogens (tertiary/aromatic N) is 3. The summed E-state index contributed by atoms with van der Waals surface area (Å²) in [6.45, 7) is 0. The molecule has 0 radical (unpaired) electrons. The van der Waals surface area contributed by atoms with Crippen LogP contribution in [0.2, 0.25) is 0 Å². The molecule has 6 aromatic rings. The molecule has 0 amide bonds. The first-order chi connectivity index (χ1) is 16.3. The second kappa shape index (κ2) is 8.12. The molecule has 3 aromatic carbocycles. The Hall–Kier alpha value is -3.51. The molecule has 0 saturated heterocycles. The van der Waals surface area contributed by atoms with E-state index < -0.39 is 5.54 Å². The van der Waals surface area contributed by atoms with Crippen molar-refractivity contribution in [2.24, 2.45) is 0 Å². The van der Waals surface area contributed by atoms with Crippen LogP contribution in [0.5, 0.6) is 0 Å². The number of pyridine rings is 2. The predicted octanol–water partition coefficient (Wildman–Crippen LogP) is 7.03. The lowest BCUT2D eigenvalue weighted by molar-refractivity contribution is 0.545. The smallest absolute Gasteiger partial charge is 0.143 e. The van der Waals surface area contributed by atoms with Crippen LogP contribution in [0.4, 0.5) is 0 Å². The lowest BCUT2D eigenvalue weighted by Gasteiger charge is -2.38. The second-order valence-electron chi connectivity index (χ2n) is 8.04. The van der Waals surface area contributed by atoms with E-state index in [0.29, 0.717) is 0 Å². The lowest BCUT2D eigenvalue weighted by Crippen LogP contribution is -2.37. The first-order valence-electron chi connectivity index (χ1n) is 10.9. The van der Waals surface area contributed by atoms with Gasteiger partial charge in [-0.1, -0.05) is 91.0 Å². The molecule has 0 aliphatic heterocycles. The third-order valence-electron chi connectivity index (χ3n) is 6.29. The zero-order valence-electron chi connectivity index (χ0n) is 17.8. The average molecular weight is 537 g/mol. The van der Waals surface area contributed by atoms with Crippen molar-refractivity contribution in [3.63, 3.8) is 0 Å². The average Bonchev–Trinajstić information content (AvgIpc) is 3.20. The van der Waals surface area contributed by atoms with Crippen molar-refractivity contribution >= 4 is 44.5 Å². The molecule has 6 rings (SSSR count). The molecule has 0 saturated carbocycles. The van der Waals surface area contributed by atoms with E-state index in [9.17, 15) is 0 Å². The molecule has 4 heteroatoms. The van der Waals surface area contributed by atoms with Gasteiger partial charge in [-0.15, -0.1) is 0 Å². The van der Waals surface area contributed by atoms with Crippen molar-refractivity contribution in [1.82, 2.24) is 14.5 Å². The van der Waals surface area contributed by atoms with Gasteiger partial charge < -0.3 is 4.57 Å². The van der Waals surface area contributed by atoms with Crippen LogP contribution in [0.25, 0.3) is 21.9 Å². The van der Waals surface area contributed by atoms with Gasteiger partial charge in [-0.2, -0.15) is 0 Å². The molecule has 0 aliphatic rings. The zero-order valence-corrected chi connectivity index (χ0v) is 19.9. The fraction of sp³-hybridized carbons (Fsp3) is 0.0345. The summed E-state index contributed by atoms with van der Waals surface area (Å²) in [5.74, 6) is 0. The van der Waals surface area contributed by atoms with Gasteiger partial charge in [-0.05, 0) is 57.5 Å². The zero-order chi connectivity index (χ0) is 22.3. The van der Waals surface area contributed by atoms with Gasteiger partial charge in [0, 0.05) is 23.2 Å². The number of rotatable bonds is 4. The number of halogens is 1. The van der Waals surface area contributed by atoms with Gasteiger partial charge >= 0.3 is 0 Å². The normalized spacial score (nSPS) is 11.8. The van der Waals surface area contributed by atoms with Crippen molar-refractivity contribution in [3.05, 3.63) is 142 Å². The number of hydrogen-bond acceptors (Lipinski definition) is 2. The molecule has 3 heterocycles. The van der Waals surface area contributed by atoms with Crippen LogP contribution in [-0.2, 0) is 5.54 Å². The Bertz CT molecular complexity index is 1460. The van der Waals surface area contributed by atoms with Crippen LogP contribution in [0, 0.1) is 3.70 Å². The summed E-state index contributed by atoms with van der Waals surface area (Å²) >= 11 is 2.30. The molecule has 0 atom stereocenters. The monoisotopic (exact) mass is 537 g/mol. The number of fused-ring (bicyclic) bond motifs is 3. The first-order valence-corrected chi connectivity index (χ1v) is 12.0. The van der Waals surface area contributed by atoms with Crippen LogP contribution in [-0.4, -0.2) is 14.5 Å². The minimum absolute atomic E-state index is 0.622. The highest BCUT2D eigenvalue weighted by atomic mass is 127. The highest BCUT2D eigenvalue weighted by Gasteiger charge is 2.40. The molecular weight excluding hydrogens is 517 g/mol. The van der Waals surface area contributed by atoms with E-state index in [2.05, 4.69) is 141 Å². The molecule has 3 nitrogen and oxygen atoms in total. The Morgan fingerprint density at radius 1 is 0.606 bits per heavy atom. The minimum atomic E-state index is -0.622. The standard InChI is InChI=1S/C29H20IN3/c30-27-17-16-24-25-20-31-19-18-26(25)33(28(24)32-27)29(21-10-4-1-5-11-21,22-12-6-2-7-13-22)23-14-8-3-9-15-23/h1-20H.